The fraction of sp³-hybridized carbons (Fsp3) is 0.562. The van der Waals surface area contributed by atoms with E-state index in [2.05, 4.69) is 5.32 Å². The number of amides is 1. The zero-order valence-electron chi connectivity index (χ0n) is 14.6. The molecule has 1 N–H and O–H groups in total. The van der Waals surface area contributed by atoms with Gasteiger partial charge in [0.05, 0.1) is 13.7 Å². The Morgan fingerprint density at radius 2 is 1.87 bits per heavy atom. The van der Waals surface area contributed by atoms with Crippen LogP contribution < -0.4 is 10.1 Å². The third-order valence-corrected chi connectivity index (χ3v) is 5.18. The summed E-state index contributed by atoms with van der Waals surface area (Å²) in [5, 5.41) is 2.68. The lowest BCUT2D eigenvalue weighted by molar-refractivity contribution is -0.121. The molecular formula is C16H26N2O4S. The van der Waals surface area contributed by atoms with Crippen LogP contribution in [0.4, 0.5) is 0 Å². The maximum Gasteiger partial charge on any atom is 0.246 e. The molecule has 23 heavy (non-hydrogen) atoms. The van der Waals surface area contributed by atoms with Gasteiger partial charge in [0, 0.05) is 13.1 Å². The second kappa shape index (κ2) is 7.79. The van der Waals surface area contributed by atoms with E-state index >= 15 is 0 Å². The number of methoxy groups -OCH3 is 1. The van der Waals surface area contributed by atoms with Crippen molar-refractivity contribution in [2.75, 3.05) is 20.7 Å². The second-order valence-electron chi connectivity index (χ2n) is 6.05. The number of hydrogen-bond donors (Lipinski definition) is 1. The molecule has 0 spiro atoms. The van der Waals surface area contributed by atoms with Crippen molar-refractivity contribution in [2.24, 2.45) is 0 Å². The van der Waals surface area contributed by atoms with Crippen molar-refractivity contribution >= 4 is 15.9 Å². The van der Waals surface area contributed by atoms with Crippen LogP contribution in [0.3, 0.4) is 0 Å². The topological polar surface area (TPSA) is 75.7 Å². The Labute approximate surface area is 138 Å². The Hall–Kier alpha value is -1.60. The van der Waals surface area contributed by atoms with Gasteiger partial charge in [0.15, 0.2) is 0 Å². The Morgan fingerprint density at radius 3 is 2.35 bits per heavy atom. The molecule has 0 aliphatic rings. The molecule has 0 aromatic heterocycles. The molecule has 1 rings (SSSR count). The van der Waals surface area contributed by atoms with Gasteiger partial charge < -0.3 is 10.1 Å². The quantitative estimate of drug-likeness (QED) is 0.822. The highest BCUT2D eigenvalue weighted by molar-refractivity contribution is 7.89. The SMILES string of the molecule is COc1ccc(C(C)C)cc1S(=O)(=O)N(C)CC(=O)NC(C)C. The fourth-order valence-corrected chi connectivity index (χ4v) is 3.39. The predicted molar refractivity (Wildman–Crippen MR) is 90.2 cm³/mol. The molecule has 0 heterocycles. The van der Waals surface area contributed by atoms with Gasteiger partial charge in [-0.3, -0.25) is 4.79 Å². The van der Waals surface area contributed by atoms with E-state index in [1.54, 1.807) is 12.1 Å². The van der Waals surface area contributed by atoms with Crippen molar-refractivity contribution in [3.63, 3.8) is 0 Å². The average molecular weight is 342 g/mol. The molecular weight excluding hydrogens is 316 g/mol. The number of nitrogens with zero attached hydrogens (tertiary/aromatic N) is 1. The van der Waals surface area contributed by atoms with E-state index in [-0.39, 0.29) is 35.1 Å². The van der Waals surface area contributed by atoms with Crippen molar-refractivity contribution in [3.8, 4) is 5.75 Å². The van der Waals surface area contributed by atoms with E-state index in [4.69, 9.17) is 4.74 Å². The van der Waals surface area contributed by atoms with Crippen molar-refractivity contribution in [2.45, 2.75) is 44.6 Å². The maximum absolute atomic E-state index is 12.8. The summed E-state index contributed by atoms with van der Waals surface area (Å²) in [7, 11) is -1.01. The third-order valence-electron chi connectivity index (χ3n) is 3.36. The zero-order chi connectivity index (χ0) is 17.8. The first-order valence-electron chi connectivity index (χ1n) is 7.53. The molecule has 6 nitrogen and oxygen atoms in total. The lowest BCUT2D eigenvalue weighted by Crippen LogP contribution is -2.40. The second-order valence-corrected chi connectivity index (χ2v) is 8.06. The first kappa shape index (κ1) is 19.4. The van der Waals surface area contributed by atoms with Gasteiger partial charge in [-0.15, -0.1) is 0 Å². The Balaban J connectivity index is 3.16. The predicted octanol–water partition coefficient (Wildman–Crippen LogP) is 1.96. The molecule has 0 atom stereocenters. The summed E-state index contributed by atoms with van der Waals surface area (Å²) in [6.07, 6.45) is 0. The van der Waals surface area contributed by atoms with Gasteiger partial charge in [-0.1, -0.05) is 19.9 Å². The molecule has 7 heteroatoms. The fourth-order valence-electron chi connectivity index (χ4n) is 2.08. The number of carbonyl (C=O) groups is 1. The Kier molecular flexibility index (Phi) is 6.58. The van der Waals surface area contributed by atoms with Gasteiger partial charge in [-0.25, -0.2) is 8.42 Å². The minimum absolute atomic E-state index is 0.0441. The largest absolute Gasteiger partial charge is 0.495 e. The van der Waals surface area contributed by atoms with E-state index < -0.39 is 10.0 Å². The van der Waals surface area contributed by atoms with Crippen molar-refractivity contribution in [3.05, 3.63) is 23.8 Å². The summed E-state index contributed by atoms with van der Waals surface area (Å²) in [5.41, 5.74) is 0.893. The average Bonchev–Trinajstić information content (AvgIpc) is 2.45. The normalized spacial score (nSPS) is 12.0. The van der Waals surface area contributed by atoms with Crippen LogP contribution in [0.1, 0.15) is 39.2 Å². The van der Waals surface area contributed by atoms with Crippen LogP contribution >= 0.6 is 0 Å². The number of benzene rings is 1. The monoisotopic (exact) mass is 342 g/mol. The van der Waals surface area contributed by atoms with Crippen LogP contribution in [0.15, 0.2) is 23.1 Å². The molecule has 0 unspecified atom stereocenters. The van der Waals surface area contributed by atoms with E-state index in [1.165, 1.54) is 14.2 Å². The highest BCUT2D eigenvalue weighted by Crippen LogP contribution is 2.29. The highest BCUT2D eigenvalue weighted by atomic mass is 32.2. The summed E-state index contributed by atoms with van der Waals surface area (Å²) in [6.45, 7) is 7.37. The molecule has 0 bridgehead atoms. The molecule has 0 aliphatic carbocycles. The van der Waals surface area contributed by atoms with Gasteiger partial charge in [0.2, 0.25) is 15.9 Å². The lowest BCUT2D eigenvalue weighted by Gasteiger charge is -2.20. The Morgan fingerprint density at radius 1 is 1.26 bits per heavy atom. The summed E-state index contributed by atoms with van der Waals surface area (Å²) in [6, 6.07) is 5.05. The van der Waals surface area contributed by atoms with Crippen LogP contribution in [0.5, 0.6) is 5.75 Å². The summed E-state index contributed by atoms with van der Waals surface area (Å²) in [4.78, 5) is 11.9. The molecule has 1 amide bonds. The van der Waals surface area contributed by atoms with Crippen molar-refractivity contribution in [1.82, 2.24) is 9.62 Å². The number of sulfonamides is 1. The Bertz CT molecular complexity index is 654. The van der Waals surface area contributed by atoms with E-state index in [1.807, 2.05) is 33.8 Å². The first-order valence-corrected chi connectivity index (χ1v) is 8.97. The molecule has 0 radical (unpaired) electrons. The van der Waals surface area contributed by atoms with Gasteiger partial charge in [0.1, 0.15) is 10.6 Å². The van der Waals surface area contributed by atoms with Gasteiger partial charge >= 0.3 is 0 Å². The zero-order valence-corrected chi connectivity index (χ0v) is 15.4. The van der Waals surface area contributed by atoms with Crippen LogP contribution in [0.25, 0.3) is 0 Å². The van der Waals surface area contributed by atoms with Crippen LogP contribution in [-0.4, -0.2) is 45.4 Å². The lowest BCUT2D eigenvalue weighted by atomic mass is 10.0. The molecule has 0 saturated carbocycles. The summed E-state index contributed by atoms with van der Waals surface area (Å²) >= 11 is 0. The smallest absolute Gasteiger partial charge is 0.246 e. The number of rotatable bonds is 7. The summed E-state index contributed by atoms with van der Waals surface area (Å²) < 4.78 is 31.8. The minimum Gasteiger partial charge on any atom is -0.495 e. The van der Waals surface area contributed by atoms with Crippen LogP contribution in [-0.2, 0) is 14.8 Å². The van der Waals surface area contributed by atoms with Gasteiger partial charge in [-0.05, 0) is 37.5 Å². The van der Waals surface area contributed by atoms with Crippen LogP contribution in [0, 0.1) is 0 Å². The standard InChI is InChI=1S/C16H26N2O4S/c1-11(2)13-7-8-14(22-6)15(9-13)23(20,21)18(5)10-16(19)17-12(3)4/h7-9,11-12H,10H2,1-6H3,(H,17,19). The molecule has 130 valence electrons. The van der Waals surface area contributed by atoms with Gasteiger partial charge in [0.25, 0.3) is 0 Å². The number of nitrogens with one attached hydrogen (secondary N) is 1. The molecule has 0 fully saturated rings. The van der Waals surface area contributed by atoms with E-state index in [0.29, 0.717) is 0 Å². The van der Waals surface area contributed by atoms with Crippen molar-refractivity contribution in [1.29, 1.82) is 0 Å². The number of hydrogen-bond acceptors (Lipinski definition) is 4. The van der Waals surface area contributed by atoms with E-state index in [9.17, 15) is 13.2 Å². The molecule has 1 aromatic rings. The number of likely N-dealkylation sites (N-methyl/N-ethyl adjacent to an activating group) is 1. The minimum atomic E-state index is -3.82. The van der Waals surface area contributed by atoms with Gasteiger partial charge in [-0.2, -0.15) is 4.31 Å². The van der Waals surface area contributed by atoms with E-state index in [0.717, 1.165) is 9.87 Å². The number of carbonyl (C=O) groups excluding carboxylic acids is 1. The highest BCUT2D eigenvalue weighted by Gasteiger charge is 2.27. The summed E-state index contributed by atoms with van der Waals surface area (Å²) in [5.74, 6) is 0.111. The molecule has 0 saturated heterocycles. The van der Waals surface area contributed by atoms with Crippen LogP contribution in [0.2, 0.25) is 0 Å². The van der Waals surface area contributed by atoms with Crippen molar-refractivity contribution < 1.29 is 17.9 Å². The first-order chi connectivity index (χ1) is 10.6. The molecule has 1 aromatic carbocycles. The third kappa shape index (κ3) is 4.94. The number of ether oxygens (including phenoxy) is 1. The maximum atomic E-state index is 12.8. The molecule has 0 aliphatic heterocycles.